The molecular formula is C23H22N4O3. The number of ether oxygens (including phenoxy) is 2. The minimum atomic E-state index is -0.356. The van der Waals surface area contributed by atoms with Crippen molar-refractivity contribution in [1.29, 1.82) is 0 Å². The molecule has 0 saturated heterocycles. The number of aryl methyl sites for hydroxylation is 1. The number of hydrogen-bond acceptors (Lipinski definition) is 4. The van der Waals surface area contributed by atoms with Gasteiger partial charge in [-0.2, -0.15) is 0 Å². The Labute approximate surface area is 174 Å². The van der Waals surface area contributed by atoms with E-state index in [9.17, 15) is 4.79 Å². The quantitative estimate of drug-likeness (QED) is 0.494. The zero-order valence-electron chi connectivity index (χ0n) is 17.0. The van der Waals surface area contributed by atoms with Gasteiger partial charge in [0.25, 0.3) is 0 Å². The molecule has 4 aromatic rings. The number of nitrogens with one attached hydrogen (secondary N) is 2. The van der Waals surface area contributed by atoms with Gasteiger partial charge in [-0.15, -0.1) is 0 Å². The van der Waals surface area contributed by atoms with Crippen molar-refractivity contribution in [3.8, 4) is 22.8 Å². The van der Waals surface area contributed by atoms with Gasteiger partial charge in [0.1, 0.15) is 5.65 Å². The fraction of sp³-hybridized carbons (Fsp3) is 0.130. The second kappa shape index (κ2) is 8.16. The van der Waals surface area contributed by atoms with E-state index in [-0.39, 0.29) is 6.03 Å². The number of benzene rings is 2. The molecule has 0 unspecified atom stereocenters. The predicted molar refractivity (Wildman–Crippen MR) is 118 cm³/mol. The lowest BCUT2D eigenvalue weighted by molar-refractivity contribution is 0.262. The van der Waals surface area contributed by atoms with Crippen LogP contribution in [0.4, 0.5) is 16.2 Å². The monoisotopic (exact) mass is 402 g/mol. The summed E-state index contributed by atoms with van der Waals surface area (Å²) in [7, 11) is 3.11. The van der Waals surface area contributed by atoms with Crippen molar-refractivity contribution < 1.29 is 14.3 Å². The van der Waals surface area contributed by atoms with Gasteiger partial charge in [-0.05, 0) is 42.8 Å². The van der Waals surface area contributed by atoms with Crippen LogP contribution in [0.2, 0.25) is 0 Å². The van der Waals surface area contributed by atoms with Gasteiger partial charge in [0.05, 0.1) is 19.9 Å². The first-order valence-electron chi connectivity index (χ1n) is 9.42. The van der Waals surface area contributed by atoms with Crippen LogP contribution in [0.25, 0.3) is 16.9 Å². The van der Waals surface area contributed by atoms with Gasteiger partial charge in [0.15, 0.2) is 11.5 Å². The molecular weight excluding hydrogens is 380 g/mol. The van der Waals surface area contributed by atoms with E-state index in [4.69, 9.17) is 14.5 Å². The summed E-state index contributed by atoms with van der Waals surface area (Å²) in [4.78, 5) is 17.2. The van der Waals surface area contributed by atoms with E-state index in [1.807, 2.05) is 60.1 Å². The number of nitrogens with zero attached hydrogens (tertiary/aromatic N) is 2. The number of rotatable bonds is 5. The van der Waals surface area contributed by atoms with Crippen LogP contribution in [0, 0.1) is 6.92 Å². The van der Waals surface area contributed by atoms with Crippen molar-refractivity contribution >= 4 is 23.1 Å². The molecule has 2 aromatic carbocycles. The van der Waals surface area contributed by atoms with Crippen molar-refractivity contribution in [2.75, 3.05) is 24.9 Å². The molecule has 0 aliphatic carbocycles. The maximum atomic E-state index is 12.5. The second-order valence-electron chi connectivity index (χ2n) is 6.78. The third-order valence-corrected chi connectivity index (χ3v) is 4.74. The topological polar surface area (TPSA) is 76.9 Å². The maximum absolute atomic E-state index is 12.5. The average molecular weight is 402 g/mol. The Kier molecular flexibility index (Phi) is 5.26. The molecule has 2 amide bonds. The lowest BCUT2D eigenvalue weighted by Gasteiger charge is -2.11. The number of urea groups is 1. The number of aromatic nitrogens is 2. The Balaban J connectivity index is 1.51. The van der Waals surface area contributed by atoms with E-state index in [2.05, 4.69) is 10.6 Å². The molecule has 7 nitrogen and oxygen atoms in total. The van der Waals surface area contributed by atoms with Crippen molar-refractivity contribution in [1.82, 2.24) is 9.38 Å². The molecule has 2 heterocycles. The summed E-state index contributed by atoms with van der Waals surface area (Å²) in [5.41, 5.74) is 5.04. The summed E-state index contributed by atoms with van der Waals surface area (Å²) in [6, 6.07) is 16.4. The largest absolute Gasteiger partial charge is 0.493 e. The molecule has 4 rings (SSSR count). The fourth-order valence-corrected chi connectivity index (χ4v) is 3.26. The van der Waals surface area contributed by atoms with Gasteiger partial charge in [-0.25, -0.2) is 9.78 Å². The molecule has 0 fully saturated rings. The molecule has 2 aromatic heterocycles. The lowest BCUT2D eigenvalue weighted by atomic mass is 10.1. The fourth-order valence-electron chi connectivity index (χ4n) is 3.26. The summed E-state index contributed by atoms with van der Waals surface area (Å²) in [6.45, 7) is 2.03. The van der Waals surface area contributed by atoms with Gasteiger partial charge >= 0.3 is 6.03 Å². The highest BCUT2D eigenvalue weighted by atomic mass is 16.5. The Bertz CT molecular complexity index is 1220. The van der Waals surface area contributed by atoms with E-state index in [1.54, 1.807) is 32.4 Å². The van der Waals surface area contributed by atoms with Crippen LogP contribution in [0.1, 0.15) is 5.56 Å². The van der Waals surface area contributed by atoms with Crippen LogP contribution >= 0.6 is 0 Å². The molecule has 2 N–H and O–H groups in total. The number of amides is 2. The smallest absolute Gasteiger partial charge is 0.323 e. The van der Waals surface area contributed by atoms with Gasteiger partial charge in [-0.3, -0.25) is 0 Å². The summed E-state index contributed by atoms with van der Waals surface area (Å²) in [6.07, 6.45) is 3.95. The summed E-state index contributed by atoms with van der Waals surface area (Å²) in [5.74, 6) is 1.14. The number of hydrogen-bond donors (Lipinski definition) is 2. The van der Waals surface area contributed by atoms with E-state index < -0.39 is 0 Å². The molecule has 0 bridgehead atoms. The molecule has 0 spiro atoms. The third-order valence-electron chi connectivity index (χ3n) is 4.74. The van der Waals surface area contributed by atoms with Gasteiger partial charge in [0, 0.05) is 35.4 Å². The van der Waals surface area contributed by atoms with E-state index in [1.165, 1.54) is 0 Å². The van der Waals surface area contributed by atoms with Gasteiger partial charge in [0.2, 0.25) is 0 Å². The Hall–Kier alpha value is -4.00. The number of imidazole rings is 1. The summed E-state index contributed by atoms with van der Waals surface area (Å²) < 4.78 is 12.5. The Morgan fingerprint density at radius 3 is 2.43 bits per heavy atom. The maximum Gasteiger partial charge on any atom is 0.323 e. The first-order valence-corrected chi connectivity index (χ1v) is 9.42. The van der Waals surface area contributed by atoms with Crippen molar-refractivity contribution in [2.24, 2.45) is 0 Å². The highest BCUT2D eigenvalue weighted by Crippen LogP contribution is 2.30. The van der Waals surface area contributed by atoms with Gasteiger partial charge in [-0.1, -0.05) is 18.2 Å². The number of fused-ring (bicyclic) bond motifs is 1. The molecule has 7 heteroatoms. The van der Waals surface area contributed by atoms with Crippen molar-refractivity contribution in [3.05, 3.63) is 72.6 Å². The standard InChI is InChI=1S/C23H22N4O3/c1-15-6-5-11-27-14-19(26-22(15)27)16-7-4-8-17(12-16)24-23(28)25-18-9-10-20(29-2)21(13-18)30-3/h4-14H,1-3H3,(H2,24,25,28). The van der Waals surface area contributed by atoms with Crippen molar-refractivity contribution in [2.45, 2.75) is 6.92 Å². The van der Waals surface area contributed by atoms with Crippen LogP contribution in [-0.2, 0) is 0 Å². The summed E-state index contributed by atoms with van der Waals surface area (Å²) in [5, 5.41) is 5.65. The number of anilines is 2. The molecule has 0 atom stereocenters. The zero-order chi connectivity index (χ0) is 21.1. The first kappa shape index (κ1) is 19.3. The summed E-state index contributed by atoms with van der Waals surface area (Å²) >= 11 is 0. The van der Waals surface area contributed by atoms with Crippen LogP contribution in [0.15, 0.2) is 67.0 Å². The van der Waals surface area contributed by atoms with E-state index in [0.29, 0.717) is 22.9 Å². The molecule has 0 radical (unpaired) electrons. The number of carbonyl (C=O) groups is 1. The average Bonchev–Trinajstić information content (AvgIpc) is 3.19. The number of pyridine rings is 1. The Morgan fingerprint density at radius 2 is 1.70 bits per heavy atom. The number of methoxy groups -OCH3 is 2. The van der Waals surface area contributed by atoms with E-state index in [0.717, 1.165) is 22.5 Å². The first-order chi connectivity index (χ1) is 14.6. The zero-order valence-corrected chi connectivity index (χ0v) is 17.0. The third kappa shape index (κ3) is 3.91. The highest BCUT2D eigenvalue weighted by molar-refractivity contribution is 6.00. The molecule has 152 valence electrons. The van der Waals surface area contributed by atoms with E-state index >= 15 is 0 Å². The molecule has 0 saturated carbocycles. The van der Waals surface area contributed by atoms with Gasteiger partial charge < -0.3 is 24.5 Å². The van der Waals surface area contributed by atoms with Crippen LogP contribution in [0.5, 0.6) is 11.5 Å². The van der Waals surface area contributed by atoms with Crippen LogP contribution < -0.4 is 20.1 Å². The number of carbonyl (C=O) groups excluding carboxylic acids is 1. The normalized spacial score (nSPS) is 10.6. The highest BCUT2D eigenvalue weighted by Gasteiger charge is 2.10. The minimum absolute atomic E-state index is 0.356. The second-order valence-corrected chi connectivity index (χ2v) is 6.78. The minimum Gasteiger partial charge on any atom is -0.493 e. The molecule has 30 heavy (non-hydrogen) atoms. The van der Waals surface area contributed by atoms with Crippen LogP contribution in [0.3, 0.4) is 0 Å². The van der Waals surface area contributed by atoms with Crippen LogP contribution in [-0.4, -0.2) is 29.6 Å². The molecule has 0 aliphatic rings. The van der Waals surface area contributed by atoms with Crippen molar-refractivity contribution in [3.63, 3.8) is 0 Å². The molecule has 0 aliphatic heterocycles. The Morgan fingerprint density at radius 1 is 0.933 bits per heavy atom. The SMILES string of the molecule is COc1ccc(NC(=O)Nc2cccc(-c3cn4cccc(C)c4n3)c2)cc1OC. The predicted octanol–water partition coefficient (Wildman–Crippen LogP) is 4.97. The lowest BCUT2D eigenvalue weighted by Crippen LogP contribution is -2.19.